The summed E-state index contributed by atoms with van der Waals surface area (Å²) in [5.74, 6) is 1.99. The van der Waals surface area contributed by atoms with Crippen LogP contribution < -0.4 is 0 Å². The molecule has 1 aromatic heterocycles. The van der Waals surface area contributed by atoms with E-state index in [4.69, 9.17) is 15.0 Å². The maximum absolute atomic E-state index is 5.21. The molecule has 0 spiro atoms. The molecule has 0 fully saturated rings. The lowest BCUT2D eigenvalue weighted by atomic mass is 9.81. The normalized spacial score (nSPS) is 13.1. The van der Waals surface area contributed by atoms with Crippen LogP contribution in [0.2, 0.25) is 0 Å². The highest BCUT2D eigenvalue weighted by Crippen LogP contribution is 2.54. The highest BCUT2D eigenvalue weighted by atomic mass is 15.0. The average Bonchev–Trinajstić information content (AvgIpc) is 3.37. The van der Waals surface area contributed by atoms with E-state index in [9.17, 15) is 0 Å². The SMILES string of the molecule is Cc1ccc2c(-c3nc(-c4ccccc4)nc(-c4ccccc4)n3)c3ccccc3c(-c3cccc4c3-c3ccccc3C4(C)C)c2c1. The Bertz CT molecular complexity index is 2470. The van der Waals surface area contributed by atoms with Gasteiger partial charge in [0.15, 0.2) is 17.5 Å². The second kappa shape index (κ2) is 10.8. The molecule has 0 saturated carbocycles. The van der Waals surface area contributed by atoms with Crippen molar-refractivity contribution in [3.8, 4) is 56.4 Å². The minimum atomic E-state index is -0.0873. The lowest BCUT2D eigenvalue weighted by Crippen LogP contribution is -2.14. The van der Waals surface area contributed by atoms with Crippen molar-refractivity contribution in [1.29, 1.82) is 0 Å². The van der Waals surface area contributed by atoms with E-state index in [1.54, 1.807) is 0 Å². The van der Waals surface area contributed by atoms with Crippen LogP contribution in [0.4, 0.5) is 0 Å². The van der Waals surface area contributed by atoms with Crippen molar-refractivity contribution in [3.63, 3.8) is 0 Å². The van der Waals surface area contributed by atoms with Crippen molar-refractivity contribution in [2.45, 2.75) is 26.2 Å². The zero-order valence-electron chi connectivity index (χ0n) is 27.2. The van der Waals surface area contributed by atoms with Crippen molar-refractivity contribution in [3.05, 3.63) is 162 Å². The number of nitrogens with zero attached hydrogens (tertiary/aromatic N) is 3. The van der Waals surface area contributed by atoms with Crippen LogP contribution >= 0.6 is 0 Å². The molecular weight excluding hydrogens is 583 g/mol. The minimum absolute atomic E-state index is 0.0873. The molecule has 0 saturated heterocycles. The monoisotopic (exact) mass is 615 g/mol. The second-order valence-corrected chi connectivity index (χ2v) is 13.3. The molecule has 1 aliphatic carbocycles. The molecule has 228 valence electrons. The zero-order valence-corrected chi connectivity index (χ0v) is 27.2. The molecule has 3 heteroatoms. The molecule has 1 aliphatic rings. The molecular formula is C45H33N3. The summed E-state index contributed by atoms with van der Waals surface area (Å²) in [7, 11) is 0. The van der Waals surface area contributed by atoms with Crippen molar-refractivity contribution < 1.29 is 0 Å². The number of fused-ring (bicyclic) bond motifs is 5. The van der Waals surface area contributed by atoms with Crippen LogP contribution in [-0.4, -0.2) is 15.0 Å². The Balaban J connectivity index is 1.40. The molecule has 7 aromatic carbocycles. The van der Waals surface area contributed by atoms with E-state index in [0.717, 1.165) is 27.5 Å². The quantitative estimate of drug-likeness (QED) is 0.185. The van der Waals surface area contributed by atoms with Gasteiger partial charge in [-0.15, -0.1) is 0 Å². The Morgan fingerprint density at radius 1 is 0.396 bits per heavy atom. The van der Waals surface area contributed by atoms with Gasteiger partial charge >= 0.3 is 0 Å². The first kappa shape index (κ1) is 28.3. The van der Waals surface area contributed by atoms with Gasteiger partial charge in [0.05, 0.1) is 0 Å². The van der Waals surface area contributed by atoms with E-state index in [-0.39, 0.29) is 5.41 Å². The largest absolute Gasteiger partial charge is 0.208 e. The smallest absolute Gasteiger partial charge is 0.165 e. The van der Waals surface area contributed by atoms with Crippen molar-refractivity contribution >= 4 is 21.5 Å². The van der Waals surface area contributed by atoms with E-state index in [0.29, 0.717) is 17.5 Å². The van der Waals surface area contributed by atoms with E-state index in [1.165, 1.54) is 49.7 Å². The van der Waals surface area contributed by atoms with Gasteiger partial charge in [-0.1, -0.05) is 165 Å². The Kier molecular flexibility index (Phi) is 6.38. The van der Waals surface area contributed by atoms with Crippen LogP contribution in [0.3, 0.4) is 0 Å². The highest BCUT2D eigenvalue weighted by molar-refractivity contribution is 6.22. The molecule has 8 aromatic rings. The first-order chi connectivity index (χ1) is 23.5. The van der Waals surface area contributed by atoms with Gasteiger partial charge in [0.1, 0.15) is 0 Å². The number of aromatic nitrogens is 3. The summed E-state index contributed by atoms with van der Waals surface area (Å²) in [6.45, 7) is 6.87. The minimum Gasteiger partial charge on any atom is -0.208 e. The highest BCUT2D eigenvalue weighted by Gasteiger charge is 2.37. The molecule has 0 unspecified atom stereocenters. The topological polar surface area (TPSA) is 38.7 Å². The maximum Gasteiger partial charge on any atom is 0.165 e. The van der Waals surface area contributed by atoms with Gasteiger partial charge in [0, 0.05) is 22.1 Å². The summed E-state index contributed by atoms with van der Waals surface area (Å²) in [6.07, 6.45) is 0. The average molecular weight is 616 g/mol. The summed E-state index contributed by atoms with van der Waals surface area (Å²) in [6, 6.07) is 51.7. The van der Waals surface area contributed by atoms with Crippen LogP contribution in [0.15, 0.2) is 146 Å². The molecule has 0 aliphatic heterocycles. The van der Waals surface area contributed by atoms with Crippen LogP contribution in [0.1, 0.15) is 30.5 Å². The van der Waals surface area contributed by atoms with Gasteiger partial charge in [0.2, 0.25) is 0 Å². The van der Waals surface area contributed by atoms with Crippen LogP contribution in [-0.2, 0) is 5.41 Å². The Morgan fingerprint density at radius 3 is 1.60 bits per heavy atom. The Hall–Kier alpha value is -5.93. The molecule has 0 amide bonds. The van der Waals surface area contributed by atoms with E-state index in [1.807, 2.05) is 36.4 Å². The number of hydrogen-bond donors (Lipinski definition) is 0. The van der Waals surface area contributed by atoms with Crippen LogP contribution in [0.5, 0.6) is 0 Å². The third kappa shape index (κ3) is 4.31. The molecule has 0 N–H and O–H groups in total. The fourth-order valence-corrected chi connectivity index (χ4v) is 7.71. The summed E-state index contributed by atoms with van der Waals surface area (Å²) < 4.78 is 0. The lowest BCUT2D eigenvalue weighted by molar-refractivity contribution is 0.660. The van der Waals surface area contributed by atoms with E-state index >= 15 is 0 Å². The van der Waals surface area contributed by atoms with Crippen LogP contribution in [0, 0.1) is 6.92 Å². The lowest BCUT2D eigenvalue weighted by Gasteiger charge is -2.22. The van der Waals surface area contributed by atoms with Gasteiger partial charge in [0.25, 0.3) is 0 Å². The number of benzene rings is 7. The molecule has 3 nitrogen and oxygen atoms in total. The van der Waals surface area contributed by atoms with Crippen LogP contribution in [0.25, 0.3) is 78.0 Å². The van der Waals surface area contributed by atoms with Gasteiger partial charge in [-0.3, -0.25) is 0 Å². The van der Waals surface area contributed by atoms with E-state index < -0.39 is 0 Å². The van der Waals surface area contributed by atoms with Gasteiger partial charge < -0.3 is 0 Å². The van der Waals surface area contributed by atoms with Crippen molar-refractivity contribution in [1.82, 2.24) is 15.0 Å². The summed E-state index contributed by atoms with van der Waals surface area (Å²) >= 11 is 0. The molecule has 48 heavy (non-hydrogen) atoms. The fraction of sp³-hybridized carbons (Fsp3) is 0.0889. The predicted octanol–water partition coefficient (Wildman–Crippen LogP) is 11.5. The maximum atomic E-state index is 5.21. The number of aryl methyl sites for hydroxylation is 1. The fourth-order valence-electron chi connectivity index (χ4n) is 7.71. The Morgan fingerprint density at radius 2 is 0.917 bits per heavy atom. The number of rotatable bonds is 4. The molecule has 0 atom stereocenters. The molecule has 1 heterocycles. The molecule has 9 rings (SSSR count). The third-order valence-corrected chi connectivity index (χ3v) is 9.98. The van der Waals surface area contributed by atoms with Gasteiger partial charge in [-0.25, -0.2) is 15.0 Å². The predicted molar refractivity (Wildman–Crippen MR) is 199 cm³/mol. The zero-order chi connectivity index (χ0) is 32.4. The summed E-state index contributed by atoms with van der Waals surface area (Å²) in [4.78, 5) is 15.4. The van der Waals surface area contributed by atoms with E-state index in [2.05, 4.69) is 130 Å². The standard InChI is InChI=1S/C45H33N3/c1-28-25-26-33-36(27-28)39(35-22-14-24-38-40(35)34-21-12-13-23-37(34)45(38,2)3)31-19-10-11-20-32(31)41(33)44-47-42(29-15-6-4-7-16-29)46-43(48-44)30-17-8-5-9-18-30/h4-27H,1-3H3. The summed E-state index contributed by atoms with van der Waals surface area (Å²) in [5.41, 5.74) is 12.0. The molecule has 0 bridgehead atoms. The Labute approximate surface area is 280 Å². The summed E-state index contributed by atoms with van der Waals surface area (Å²) in [5, 5.41) is 4.63. The number of hydrogen-bond acceptors (Lipinski definition) is 3. The van der Waals surface area contributed by atoms with Crippen molar-refractivity contribution in [2.24, 2.45) is 0 Å². The third-order valence-electron chi connectivity index (χ3n) is 9.98. The van der Waals surface area contributed by atoms with Gasteiger partial charge in [-0.2, -0.15) is 0 Å². The van der Waals surface area contributed by atoms with Gasteiger partial charge in [-0.05, 0) is 61.8 Å². The second-order valence-electron chi connectivity index (χ2n) is 13.3. The first-order valence-corrected chi connectivity index (χ1v) is 16.5. The molecule has 0 radical (unpaired) electrons. The van der Waals surface area contributed by atoms with Crippen molar-refractivity contribution in [2.75, 3.05) is 0 Å². The first-order valence-electron chi connectivity index (χ1n) is 16.5.